The number of methoxy groups -OCH3 is 1. The molecule has 0 aromatic heterocycles. The molecule has 90 valence electrons. The Morgan fingerprint density at radius 3 is 2.44 bits per heavy atom. The zero-order chi connectivity index (χ0) is 12.2. The number of rotatable bonds is 3. The van der Waals surface area contributed by atoms with Crippen LogP contribution < -0.4 is 5.32 Å². The molecule has 0 radical (unpaired) electrons. The highest BCUT2D eigenvalue weighted by molar-refractivity contribution is 5.91. The van der Waals surface area contributed by atoms with Gasteiger partial charge in [-0.3, -0.25) is 4.79 Å². The number of carbonyl (C=O) groups excluding carboxylic acids is 2. The van der Waals surface area contributed by atoms with Crippen molar-refractivity contribution in [3.63, 3.8) is 0 Å². The molecule has 0 unspecified atom stereocenters. The van der Waals surface area contributed by atoms with Crippen LogP contribution in [0, 0.1) is 0 Å². The lowest BCUT2D eigenvalue weighted by molar-refractivity contribution is -0.226. The van der Waals surface area contributed by atoms with Crippen molar-refractivity contribution in [1.29, 1.82) is 0 Å². The zero-order valence-corrected chi connectivity index (χ0v) is 9.53. The first-order valence-electron chi connectivity index (χ1n) is 4.78. The highest BCUT2D eigenvalue weighted by Gasteiger charge is 2.28. The van der Waals surface area contributed by atoms with Gasteiger partial charge < -0.3 is 19.5 Å². The summed E-state index contributed by atoms with van der Waals surface area (Å²) in [5.74, 6) is -1.29. The molecule has 1 N–H and O–H groups in total. The minimum absolute atomic E-state index is 0.0769. The van der Waals surface area contributed by atoms with Crippen molar-refractivity contribution < 1.29 is 23.8 Å². The first-order valence-corrected chi connectivity index (χ1v) is 4.78. The highest BCUT2D eigenvalue weighted by Crippen LogP contribution is 2.21. The molecule has 1 aliphatic heterocycles. The second-order valence-electron chi connectivity index (χ2n) is 3.71. The van der Waals surface area contributed by atoms with Gasteiger partial charge in [0.2, 0.25) is 6.41 Å². The molecule has 1 aliphatic rings. The van der Waals surface area contributed by atoms with Gasteiger partial charge in [-0.05, 0) is 13.8 Å². The van der Waals surface area contributed by atoms with Gasteiger partial charge in [0.05, 0.1) is 20.3 Å². The largest absolute Gasteiger partial charge is 0.464 e. The maximum atomic E-state index is 11.3. The summed E-state index contributed by atoms with van der Waals surface area (Å²) >= 11 is 0. The van der Waals surface area contributed by atoms with Gasteiger partial charge in [-0.2, -0.15) is 0 Å². The SMILES string of the molecule is COC(=O)C(NC=O)=C1COC(C)(C)OC1. The Morgan fingerprint density at radius 1 is 1.44 bits per heavy atom. The van der Waals surface area contributed by atoms with Crippen molar-refractivity contribution in [2.45, 2.75) is 19.6 Å². The summed E-state index contributed by atoms with van der Waals surface area (Å²) < 4.78 is 15.3. The van der Waals surface area contributed by atoms with Crippen molar-refractivity contribution in [3.05, 3.63) is 11.3 Å². The molecule has 1 fully saturated rings. The topological polar surface area (TPSA) is 73.9 Å². The molecular formula is C10H15NO5. The van der Waals surface area contributed by atoms with E-state index < -0.39 is 11.8 Å². The lowest BCUT2D eigenvalue weighted by Crippen LogP contribution is -2.38. The predicted molar refractivity (Wildman–Crippen MR) is 54.2 cm³/mol. The third-order valence-corrected chi connectivity index (χ3v) is 2.13. The summed E-state index contributed by atoms with van der Waals surface area (Å²) in [6.07, 6.45) is 0.416. The Balaban J connectivity index is 2.83. The minimum atomic E-state index is -0.675. The van der Waals surface area contributed by atoms with Crippen LogP contribution in [0.2, 0.25) is 0 Å². The smallest absolute Gasteiger partial charge is 0.354 e. The van der Waals surface area contributed by atoms with Crippen molar-refractivity contribution in [1.82, 2.24) is 5.32 Å². The van der Waals surface area contributed by atoms with E-state index in [2.05, 4.69) is 10.1 Å². The van der Waals surface area contributed by atoms with Crippen LogP contribution in [0.15, 0.2) is 11.3 Å². The summed E-state index contributed by atoms with van der Waals surface area (Å²) in [6.45, 7) is 3.99. The molecule has 6 heteroatoms. The fourth-order valence-electron chi connectivity index (χ4n) is 1.22. The van der Waals surface area contributed by atoms with Gasteiger partial charge in [-0.15, -0.1) is 0 Å². The fraction of sp³-hybridized carbons (Fsp3) is 0.600. The number of hydrogen-bond acceptors (Lipinski definition) is 5. The molecule has 1 saturated heterocycles. The molecule has 0 spiro atoms. The zero-order valence-electron chi connectivity index (χ0n) is 9.53. The second kappa shape index (κ2) is 5.09. The maximum absolute atomic E-state index is 11.3. The lowest BCUT2D eigenvalue weighted by Gasteiger charge is -2.32. The first kappa shape index (κ1) is 12.7. The molecule has 0 aromatic carbocycles. The molecule has 0 atom stereocenters. The third-order valence-electron chi connectivity index (χ3n) is 2.13. The average molecular weight is 229 g/mol. The first-order chi connectivity index (χ1) is 7.50. The van der Waals surface area contributed by atoms with Crippen molar-refractivity contribution >= 4 is 12.4 Å². The predicted octanol–water partition coefficient (Wildman–Crippen LogP) is -0.0576. The van der Waals surface area contributed by atoms with E-state index in [-0.39, 0.29) is 18.9 Å². The summed E-state index contributed by atoms with van der Waals surface area (Å²) in [4.78, 5) is 21.7. The summed E-state index contributed by atoms with van der Waals surface area (Å²) in [6, 6.07) is 0. The minimum Gasteiger partial charge on any atom is -0.464 e. The lowest BCUT2D eigenvalue weighted by atomic mass is 10.2. The van der Waals surface area contributed by atoms with E-state index in [1.165, 1.54) is 7.11 Å². The van der Waals surface area contributed by atoms with E-state index in [0.717, 1.165) is 0 Å². The van der Waals surface area contributed by atoms with E-state index in [0.29, 0.717) is 12.0 Å². The Morgan fingerprint density at radius 2 is 2.00 bits per heavy atom. The van der Waals surface area contributed by atoms with Gasteiger partial charge in [0, 0.05) is 5.57 Å². The van der Waals surface area contributed by atoms with E-state index in [4.69, 9.17) is 9.47 Å². The fourth-order valence-corrected chi connectivity index (χ4v) is 1.22. The normalized spacial score (nSPS) is 18.8. The summed E-state index contributed by atoms with van der Waals surface area (Å²) in [7, 11) is 1.24. The Kier molecular flexibility index (Phi) is 4.03. The maximum Gasteiger partial charge on any atom is 0.354 e. The number of nitrogens with one attached hydrogen (secondary N) is 1. The van der Waals surface area contributed by atoms with E-state index in [1.807, 2.05) is 0 Å². The third kappa shape index (κ3) is 3.04. The molecular weight excluding hydrogens is 214 g/mol. The molecule has 0 aromatic rings. The average Bonchev–Trinajstić information content (AvgIpc) is 2.25. The van der Waals surface area contributed by atoms with Gasteiger partial charge >= 0.3 is 5.97 Å². The Labute approximate surface area is 93.5 Å². The molecule has 16 heavy (non-hydrogen) atoms. The summed E-state index contributed by atoms with van der Waals surface area (Å²) in [5, 5.41) is 2.29. The molecule has 6 nitrogen and oxygen atoms in total. The van der Waals surface area contributed by atoms with Crippen LogP contribution in [0.5, 0.6) is 0 Å². The van der Waals surface area contributed by atoms with Gasteiger partial charge in [0.1, 0.15) is 5.70 Å². The molecule has 1 rings (SSSR count). The van der Waals surface area contributed by atoms with E-state index in [9.17, 15) is 9.59 Å². The quantitative estimate of drug-likeness (QED) is 0.417. The van der Waals surface area contributed by atoms with Gasteiger partial charge in [0.15, 0.2) is 5.79 Å². The summed E-state index contributed by atoms with van der Waals surface area (Å²) in [5.41, 5.74) is 0.631. The molecule has 1 heterocycles. The molecule has 1 amide bonds. The van der Waals surface area contributed by atoms with E-state index >= 15 is 0 Å². The number of carbonyl (C=O) groups is 2. The Bertz CT molecular complexity index is 309. The number of esters is 1. The number of ether oxygens (including phenoxy) is 3. The van der Waals surface area contributed by atoms with Crippen LogP contribution in [-0.4, -0.2) is 38.5 Å². The van der Waals surface area contributed by atoms with Crippen LogP contribution in [-0.2, 0) is 23.8 Å². The number of amides is 1. The van der Waals surface area contributed by atoms with Crippen LogP contribution in [0.1, 0.15) is 13.8 Å². The molecule has 0 saturated carbocycles. The molecule has 0 aliphatic carbocycles. The van der Waals surface area contributed by atoms with Gasteiger partial charge in [-0.1, -0.05) is 0 Å². The van der Waals surface area contributed by atoms with Crippen LogP contribution in [0.4, 0.5) is 0 Å². The van der Waals surface area contributed by atoms with Gasteiger partial charge in [-0.25, -0.2) is 4.79 Å². The second-order valence-corrected chi connectivity index (χ2v) is 3.71. The van der Waals surface area contributed by atoms with Crippen LogP contribution in [0.25, 0.3) is 0 Å². The highest BCUT2D eigenvalue weighted by atomic mass is 16.7. The number of hydrogen-bond donors (Lipinski definition) is 1. The van der Waals surface area contributed by atoms with Crippen molar-refractivity contribution in [2.75, 3.05) is 20.3 Å². The van der Waals surface area contributed by atoms with Crippen molar-refractivity contribution in [3.8, 4) is 0 Å². The van der Waals surface area contributed by atoms with Crippen molar-refractivity contribution in [2.24, 2.45) is 0 Å². The van der Waals surface area contributed by atoms with Crippen LogP contribution >= 0.6 is 0 Å². The van der Waals surface area contributed by atoms with Crippen LogP contribution in [0.3, 0.4) is 0 Å². The standard InChI is InChI=1S/C10H15NO5/c1-10(2)15-4-7(5-16-10)8(11-6-12)9(13)14-3/h6H,4-5H2,1-3H3,(H,11,12). The molecule has 0 bridgehead atoms. The Hall–Kier alpha value is -1.40. The van der Waals surface area contributed by atoms with Gasteiger partial charge in [0.25, 0.3) is 0 Å². The monoisotopic (exact) mass is 229 g/mol. The van der Waals surface area contributed by atoms with E-state index in [1.54, 1.807) is 13.8 Å².